The van der Waals surface area contributed by atoms with Gasteiger partial charge in [0.2, 0.25) is 0 Å². The second-order valence-corrected chi connectivity index (χ2v) is 7.10. The van der Waals surface area contributed by atoms with Crippen LogP contribution in [0.4, 0.5) is 0 Å². The molecule has 2 bridgehead atoms. The summed E-state index contributed by atoms with van der Waals surface area (Å²) in [6.07, 6.45) is 6.09. The van der Waals surface area contributed by atoms with Gasteiger partial charge in [0.05, 0.1) is 5.58 Å². The molecule has 0 aliphatic heterocycles. The van der Waals surface area contributed by atoms with Crippen LogP contribution in [-0.2, 0) is 20.1 Å². The molecule has 0 N–H and O–H groups in total. The smallest absolute Gasteiger partial charge is 0.120 e. The molecule has 4 aromatic rings. The van der Waals surface area contributed by atoms with E-state index in [1.54, 1.807) is 0 Å². The molecule has 1 fully saturated rings. The topological polar surface area (TPSA) is 26.0 Å². The Bertz CT molecular complexity index is 1110. The van der Waals surface area contributed by atoms with Gasteiger partial charge in [-0.05, 0) is 54.0 Å². The Labute approximate surface area is 159 Å². The number of hydrogen-bond donors (Lipinski definition) is 0. The van der Waals surface area contributed by atoms with Crippen LogP contribution in [0.25, 0.3) is 33.2 Å². The van der Waals surface area contributed by atoms with E-state index in [2.05, 4.69) is 36.5 Å². The van der Waals surface area contributed by atoms with Gasteiger partial charge in [-0.3, -0.25) is 0 Å². The third-order valence-corrected chi connectivity index (χ3v) is 5.88. The number of pyridine rings is 1. The molecule has 2 heterocycles. The van der Waals surface area contributed by atoms with Crippen molar-refractivity contribution in [2.24, 2.45) is 0 Å². The summed E-state index contributed by atoms with van der Waals surface area (Å²) in [5.74, 6) is 1.49. The molecule has 2 aromatic carbocycles. The fourth-order valence-corrected chi connectivity index (χ4v) is 4.74. The second kappa shape index (κ2) is 5.52. The van der Waals surface area contributed by atoms with Gasteiger partial charge in [-0.15, -0.1) is 18.2 Å². The van der Waals surface area contributed by atoms with Crippen molar-refractivity contribution in [2.45, 2.75) is 31.1 Å². The van der Waals surface area contributed by atoms with E-state index >= 15 is 0 Å². The van der Waals surface area contributed by atoms with Gasteiger partial charge in [0.25, 0.3) is 0 Å². The van der Waals surface area contributed by atoms with Gasteiger partial charge in [0.1, 0.15) is 5.58 Å². The third kappa shape index (κ3) is 2.09. The van der Waals surface area contributed by atoms with Gasteiger partial charge in [-0.1, -0.05) is 35.2 Å². The monoisotopic (exact) mass is 503 g/mol. The summed E-state index contributed by atoms with van der Waals surface area (Å²) >= 11 is 0. The Kier molecular flexibility index (Phi) is 3.38. The first-order chi connectivity index (χ1) is 11.9. The number of nitrogens with zero attached hydrogens (tertiary/aromatic N) is 1. The molecule has 125 valence electrons. The molecule has 0 amide bonds. The maximum Gasteiger partial charge on any atom is 0.120 e. The number of hydrogen-bond acceptors (Lipinski definition) is 2. The normalized spacial score (nSPS) is 20.8. The Morgan fingerprint density at radius 1 is 1.00 bits per heavy atom. The molecule has 1 radical (unpaired) electrons. The molecule has 2 aliphatic carbocycles. The van der Waals surface area contributed by atoms with E-state index in [-0.39, 0.29) is 20.1 Å². The zero-order valence-electron chi connectivity index (χ0n) is 13.6. The molecule has 1 saturated carbocycles. The number of fused-ring (bicyclic) bond motifs is 8. The van der Waals surface area contributed by atoms with Crippen LogP contribution >= 0.6 is 0 Å². The molecule has 6 rings (SSSR count). The molecule has 2 unspecified atom stereocenters. The van der Waals surface area contributed by atoms with Crippen molar-refractivity contribution in [3.63, 3.8) is 0 Å². The minimum Gasteiger partial charge on any atom is -0.501 e. The molecule has 2 aliphatic rings. The molecule has 0 saturated heterocycles. The Morgan fingerprint density at radius 2 is 1.84 bits per heavy atom. The van der Waals surface area contributed by atoms with Crippen molar-refractivity contribution in [3.8, 4) is 11.3 Å². The quantitative estimate of drug-likeness (QED) is 0.307. The molecule has 3 heteroatoms. The summed E-state index contributed by atoms with van der Waals surface area (Å²) < 4.78 is 6.15. The van der Waals surface area contributed by atoms with Crippen LogP contribution in [0, 0.1) is 6.07 Å². The molecular weight excluding hydrogens is 486 g/mol. The predicted octanol–water partition coefficient (Wildman–Crippen LogP) is 5.81. The van der Waals surface area contributed by atoms with E-state index in [1.807, 2.05) is 18.2 Å². The maximum absolute atomic E-state index is 6.15. The van der Waals surface area contributed by atoms with Gasteiger partial charge in [0.15, 0.2) is 0 Å². The number of benzene rings is 2. The molecule has 2 aromatic heterocycles. The fourth-order valence-electron chi connectivity index (χ4n) is 4.74. The van der Waals surface area contributed by atoms with Gasteiger partial charge < -0.3 is 9.40 Å². The summed E-state index contributed by atoms with van der Waals surface area (Å²) in [5, 5.41) is 2.30. The zero-order valence-corrected chi connectivity index (χ0v) is 16.0. The van der Waals surface area contributed by atoms with Crippen molar-refractivity contribution in [1.82, 2.24) is 4.98 Å². The number of furan rings is 1. The summed E-state index contributed by atoms with van der Waals surface area (Å²) in [4.78, 5) is 4.77. The van der Waals surface area contributed by atoms with Crippen LogP contribution in [-0.4, -0.2) is 4.98 Å². The fraction of sp³-hybridized carbons (Fsp3) is 0.227. The van der Waals surface area contributed by atoms with Gasteiger partial charge >= 0.3 is 0 Å². The Morgan fingerprint density at radius 3 is 2.76 bits per heavy atom. The Balaban J connectivity index is 0.00000140. The average Bonchev–Trinajstić information content (AvgIpc) is 3.34. The molecule has 25 heavy (non-hydrogen) atoms. The van der Waals surface area contributed by atoms with Crippen molar-refractivity contribution >= 4 is 21.9 Å². The first kappa shape index (κ1) is 15.3. The third-order valence-electron chi connectivity index (χ3n) is 5.88. The van der Waals surface area contributed by atoms with Gasteiger partial charge in [0, 0.05) is 31.7 Å². The van der Waals surface area contributed by atoms with Crippen LogP contribution < -0.4 is 0 Å². The van der Waals surface area contributed by atoms with Crippen molar-refractivity contribution in [1.29, 1.82) is 0 Å². The standard InChI is InChI=1S/C22H16NO.Ir/c1-2-7-21-15(4-1)16-5-3-6-17(22(16)24-21)20-11-18-13-8-9-14(10-13)19(18)12-23-20;/h1-5,7,11-14H,8-10H2;/q-1;. The summed E-state index contributed by atoms with van der Waals surface area (Å²) in [6.45, 7) is 0. The molecule has 2 nitrogen and oxygen atoms in total. The van der Waals surface area contributed by atoms with E-state index < -0.39 is 0 Å². The minimum absolute atomic E-state index is 0. The second-order valence-electron chi connectivity index (χ2n) is 7.10. The van der Waals surface area contributed by atoms with Crippen LogP contribution in [0.1, 0.15) is 42.2 Å². The number of aromatic nitrogens is 1. The zero-order chi connectivity index (χ0) is 15.7. The first-order valence-electron chi connectivity index (χ1n) is 8.70. The summed E-state index contributed by atoms with van der Waals surface area (Å²) in [7, 11) is 0. The van der Waals surface area contributed by atoms with Crippen LogP contribution in [0.5, 0.6) is 0 Å². The van der Waals surface area contributed by atoms with E-state index in [9.17, 15) is 0 Å². The van der Waals surface area contributed by atoms with E-state index in [0.29, 0.717) is 0 Å². The largest absolute Gasteiger partial charge is 0.501 e. The van der Waals surface area contributed by atoms with Gasteiger partial charge in [-0.25, -0.2) is 0 Å². The molecular formula is C22H16IrNO-. The van der Waals surface area contributed by atoms with Crippen molar-refractivity contribution in [2.75, 3.05) is 0 Å². The predicted molar refractivity (Wildman–Crippen MR) is 95.1 cm³/mol. The number of rotatable bonds is 1. The summed E-state index contributed by atoms with van der Waals surface area (Å²) in [6, 6.07) is 17.9. The molecule has 0 spiro atoms. The van der Waals surface area contributed by atoms with Crippen LogP contribution in [0.15, 0.2) is 53.1 Å². The average molecular weight is 503 g/mol. The first-order valence-corrected chi connectivity index (χ1v) is 8.70. The van der Waals surface area contributed by atoms with E-state index in [1.165, 1.54) is 30.4 Å². The number of para-hydroxylation sites is 1. The molecule has 2 atom stereocenters. The van der Waals surface area contributed by atoms with Gasteiger partial charge in [-0.2, -0.15) is 0 Å². The maximum atomic E-state index is 6.15. The van der Waals surface area contributed by atoms with Crippen LogP contribution in [0.3, 0.4) is 0 Å². The van der Waals surface area contributed by atoms with Crippen molar-refractivity contribution < 1.29 is 24.5 Å². The van der Waals surface area contributed by atoms with E-state index in [0.717, 1.165) is 45.0 Å². The van der Waals surface area contributed by atoms with Crippen molar-refractivity contribution in [3.05, 3.63) is 65.9 Å². The summed E-state index contributed by atoms with van der Waals surface area (Å²) in [5.41, 5.74) is 6.78. The minimum atomic E-state index is 0. The van der Waals surface area contributed by atoms with E-state index in [4.69, 9.17) is 9.40 Å². The Hall–Kier alpha value is -1.96. The SMILES string of the molecule is [Ir].[c-]1ccc2c(oc3ccccc32)c1-c1cc2c(cn1)C1CCC2C1. The van der Waals surface area contributed by atoms with Crippen LogP contribution in [0.2, 0.25) is 0 Å².